The Morgan fingerprint density at radius 3 is 2.50 bits per heavy atom. The summed E-state index contributed by atoms with van der Waals surface area (Å²) in [6.45, 7) is 9.70. The van der Waals surface area contributed by atoms with Gasteiger partial charge in [0.15, 0.2) is 5.69 Å². The average molecular weight is 442 g/mol. The molecule has 3 rings (SSSR count). The van der Waals surface area contributed by atoms with Crippen molar-refractivity contribution in [1.82, 2.24) is 14.5 Å². The number of carbonyl (C=O) groups excluding carboxylic acids is 1. The van der Waals surface area contributed by atoms with Crippen molar-refractivity contribution in [3.05, 3.63) is 55.7 Å². The number of aromatic amines is 1. The van der Waals surface area contributed by atoms with Gasteiger partial charge in [0.05, 0.1) is 6.54 Å². The van der Waals surface area contributed by atoms with E-state index in [-0.39, 0.29) is 30.0 Å². The van der Waals surface area contributed by atoms with Crippen molar-refractivity contribution in [1.29, 1.82) is 0 Å². The average Bonchev–Trinajstić information content (AvgIpc) is 3.18. The molecular formula is C24H35N5O3. The van der Waals surface area contributed by atoms with Gasteiger partial charge in [-0.2, -0.15) is 0 Å². The first-order valence-corrected chi connectivity index (χ1v) is 11.5. The number of hydrogen-bond acceptors (Lipinski definition) is 5. The van der Waals surface area contributed by atoms with Gasteiger partial charge in [0.1, 0.15) is 5.82 Å². The van der Waals surface area contributed by atoms with Gasteiger partial charge >= 0.3 is 5.69 Å². The second kappa shape index (κ2) is 10.2. The van der Waals surface area contributed by atoms with Gasteiger partial charge < -0.3 is 10.6 Å². The van der Waals surface area contributed by atoms with Crippen LogP contribution in [0.5, 0.6) is 0 Å². The maximum absolute atomic E-state index is 13.3. The van der Waals surface area contributed by atoms with Gasteiger partial charge in [-0.15, -0.1) is 0 Å². The largest absolute Gasteiger partial charge is 0.383 e. The number of unbranched alkanes of at least 4 members (excludes halogenated alkanes) is 1. The van der Waals surface area contributed by atoms with Gasteiger partial charge in [-0.05, 0) is 52.1 Å². The van der Waals surface area contributed by atoms with Crippen LogP contribution in [0, 0.1) is 13.8 Å². The number of amides is 1. The molecule has 1 amide bonds. The SMILES string of the molecule is CCCCn1c(N)c(N(CC)C(=O)CN2CCCC2c2cc(C)cc(C)c2)c(=O)[nH]c1=O. The molecule has 2 heterocycles. The summed E-state index contributed by atoms with van der Waals surface area (Å²) in [5.74, 6) is -0.142. The lowest BCUT2D eigenvalue weighted by Crippen LogP contribution is -2.45. The Bertz CT molecular complexity index is 1070. The molecule has 0 spiro atoms. The maximum atomic E-state index is 13.3. The highest BCUT2D eigenvalue weighted by molar-refractivity contribution is 5.96. The lowest BCUT2D eigenvalue weighted by molar-refractivity contribution is -0.119. The van der Waals surface area contributed by atoms with Gasteiger partial charge in [-0.25, -0.2) is 4.79 Å². The van der Waals surface area contributed by atoms with Crippen molar-refractivity contribution < 1.29 is 4.79 Å². The standard InChI is InChI=1S/C24H35N5O3/c1-5-7-11-29-22(25)21(23(31)26-24(29)32)28(6-2)20(30)15-27-10-8-9-19(27)18-13-16(3)12-17(4)14-18/h12-14,19H,5-11,15,25H2,1-4H3,(H,26,31,32). The summed E-state index contributed by atoms with van der Waals surface area (Å²) in [5.41, 5.74) is 8.78. The maximum Gasteiger partial charge on any atom is 0.330 e. The quantitative estimate of drug-likeness (QED) is 0.655. The Hall–Kier alpha value is -2.87. The van der Waals surface area contributed by atoms with E-state index < -0.39 is 11.2 Å². The summed E-state index contributed by atoms with van der Waals surface area (Å²) in [6.07, 6.45) is 3.64. The normalized spacial score (nSPS) is 16.4. The van der Waals surface area contributed by atoms with E-state index in [2.05, 4.69) is 41.9 Å². The van der Waals surface area contributed by atoms with Crippen LogP contribution in [-0.4, -0.2) is 40.0 Å². The molecule has 1 saturated heterocycles. The van der Waals surface area contributed by atoms with Crippen LogP contribution in [0.3, 0.4) is 0 Å². The van der Waals surface area contributed by atoms with Crippen molar-refractivity contribution in [2.75, 3.05) is 30.3 Å². The third kappa shape index (κ3) is 4.96. The number of nitrogens with one attached hydrogen (secondary N) is 1. The van der Waals surface area contributed by atoms with Gasteiger partial charge in [0.25, 0.3) is 5.56 Å². The summed E-state index contributed by atoms with van der Waals surface area (Å²) in [6, 6.07) is 6.69. The Balaban J connectivity index is 1.88. The van der Waals surface area contributed by atoms with Crippen LogP contribution in [-0.2, 0) is 11.3 Å². The van der Waals surface area contributed by atoms with Crippen LogP contribution in [0.1, 0.15) is 62.3 Å². The smallest absolute Gasteiger partial charge is 0.330 e. The number of nitrogen functional groups attached to an aromatic ring is 1. The Kier molecular flexibility index (Phi) is 7.56. The molecule has 1 aromatic heterocycles. The van der Waals surface area contributed by atoms with Crippen molar-refractivity contribution in [2.24, 2.45) is 0 Å². The topological polar surface area (TPSA) is 104 Å². The molecule has 1 unspecified atom stereocenters. The van der Waals surface area contributed by atoms with Gasteiger partial charge in [-0.1, -0.05) is 42.7 Å². The highest BCUT2D eigenvalue weighted by Gasteiger charge is 2.31. The molecule has 1 fully saturated rings. The van der Waals surface area contributed by atoms with Crippen LogP contribution in [0.25, 0.3) is 0 Å². The predicted molar refractivity (Wildman–Crippen MR) is 128 cm³/mol. The van der Waals surface area contributed by atoms with E-state index in [1.165, 1.54) is 26.2 Å². The zero-order chi connectivity index (χ0) is 23.4. The van der Waals surface area contributed by atoms with Gasteiger partial charge in [-0.3, -0.25) is 24.0 Å². The number of aromatic nitrogens is 2. The first kappa shape index (κ1) is 23.8. The number of hydrogen-bond donors (Lipinski definition) is 2. The van der Waals surface area contributed by atoms with E-state index >= 15 is 0 Å². The fourth-order valence-corrected chi connectivity index (χ4v) is 4.69. The van der Waals surface area contributed by atoms with Crippen LogP contribution < -0.4 is 21.9 Å². The van der Waals surface area contributed by atoms with E-state index in [1.807, 2.05) is 13.8 Å². The van der Waals surface area contributed by atoms with Crippen LogP contribution in [0.4, 0.5) is 11.5 Å². The highest BCUT2D eigenvalue weighted by atomic mass is 16.2. The molecule has 1 aliphatic rings. The number of H-pyrrole nitrogens is 1. The first-order chi connectivity index (χ1) is 15.3. The molecule has 1 atom stereocenters. The summed E-state index contributed by atoms with van der Waals surface area (Å²) < 4.78 is 1.35. The predicted octanol–water partition coefficient (Wildman–Crippen LogP) is 2.73. The summed E-state index contributed by atoms with van der Waals surface area (Å²) >= 11 is 0. The number of nitrogens with two attached hydrogens (primary N) is 1. The van der Waals surface area contributed by atoms with Crippen molar-refractivity contribution in [2.45, 2.75) is 66.0 Å². The molecule has 8 nitrogen and oxygen atoms in total. The van der Waals surface area contributed by atoms with E-state index in [0.717, 1.165) is 32.2 Å². The van der Waals surface area contributed by atoms with Crippen molar-refractivity contribution in [3.63, 3.8) is 0 Å². The van der Waals surface area contributed by atoms with E-state index in [1.54, 1.807) is 0 Å². The number of nitrogens with zero attached hydrogens (tertiary/aromatic N) is 3. The summed E-state index contributed by atoms with van der Waals surface area (Å²) in [7, 11) is 0. The molecule has 0 aliphatic carbocycles. The number of anilines is 2. The van der Waals surface area contributed by atoms with Crippen LogP contribution >= 0.6 is 0 Å². The summed E-state index contributed by atoms with van der Waals surface area (Å²) in [5, 5.41) is 0. The van der Waals surface area contributed by atoms with E-state index in [4.69, 9.17) is 5.73 Å². The zero-order valence-electron chi connectivity index (χ0n) is 19.6. The Morgan fingerprint density at radius 2 is 1.88 bits per heavy atom. The van der Waals surface area contributed by atoms with Crippen molar-refractivity contribution in [3.8, 4) is 0 Å². The number of likely N-dealkylation sites (N-methyl/N-ethyl adjacent to an activating group) is 1. The van der Waals surface area contributed by atoms with Gasteiger partial charge in [0.2, 0.25) is 5.91 Å². The molecular weight excluding hydrogens is 406 g/mol. The first-order valence-electron chi connectivity index (χ1n) is 11.5. The fourth-order valence-electron chi connectivity index (χ4n) is 4.69. The Morgan fingerprint density at radius 1 is 1.19 bits per heavy atom. The molecule has 0 bridgehead atoms. The number of rotatable bonds is 8. The molecule has 32 heavy (non-hydrogen) atoms. The molecule has 174 valence electrons. The minimum atomic E-state index is -0.622. The highest BCUT2D eigenvalue weighted by Crippen LogP contribution is 2.33. The second-order valence-corrected chi connectivity index (χ2v) is 8.69. The third-order valence-corrected chi connectivity index (χ3v) is 6.17. The minimum absolute atomic E-state index is 0.0506. The molecule has 8 heteroatoms. The summed E-state index contributed by atoms with van der Waals surface area (Å²) in [4.78, 5) is 44.1. The minimum Gasteiger partial charge on any atom is -0.383 e. The number of aryl methyl sites for hydroxylation is 2. The molecule has 2 aromatic rings. The molecule has 3 N–H and O–H groups in total. The van der Waals surface area contributed by atoms with E-state index in [9.17, 15) is 14.4 Å². The number of likely N-dealkylation sites (tertiary alicyclic amines) is 1. The monoisotopic (exact) mass is 441 g/mol. The number of carbonyl (C=O) groups is 1. The molecule has 1 aromatic carbocycles. The third-order valence-electron chi connectivity index (χ3n) is 6.17. The zero-order valence-corrected chi connectivity index (χ0v) is 19.6. The molecule has 0 radical (unpaired) electrons. The van der Waals surface area contributed by atoms with Gasteiger partial charge in [0, 0.05) is 19.1 Å². The van der Waals surface area contributed by atoms with Crippen LogP contribution in [0.15, 0.2) is 27.8 Å². The van der Waals surface area contributed by atoms with E-state index in [0.29, 0.717) is 13.1 Å². The number of benzene rings is 1. The molecule has 0 saturated carbocycles. The second-order valence-electron chi connectivity index (χ2n) is 8.69. The fraction of sp³-hybridized carbons (Fsp3) is 0.542. The lowest BCUT2D eigenvalue weighted by Gasteiger charge is -2.29. The lowest BCUT2D eigenvalue weighted by atomic mass is 9.99. The van der Waals surface area contributed by atoms with Crippen LogP contribution in [0.2, 0.25) is 0 Å². The molecule has 1 aliphatic heterocycles. The van der Waals surface area contributed by atoms with Crippen molar-refractivity contribution >= 4 is 17.4 Å². The Labute approximate surface area is 189 Å².